The Kier molecular flexibility index (Phi) is 6.17. The van der Waals surface area contributed by atoms with Crippen LogP contribution in [0.2, 0.25) is 0 Å². The van der Waals surface area contributed by atoms with Gasteiger partial charge in [-0.15, -0.1) is 0 Å². The summed E-state index contributed by atoms with van der Waals surface area (Å²) in [5, 5.41) is 0. The van der Waals surface area contributed by atoms with Crippen LogP contribution in [-0.2, 0) is 0 Å². The molecule has 2 heteroatoms. The lowest BCUT2D eigenvalue weighted by Gasteiger charge is -1.99. The van der Waals surface area contributed by atoms with E-state index in [1.807, 2.05) is 48.5 Å². The standard InChI is InChI=1S/C9H10O.C5H5N/c1-2-8-10-9-6-4-3-5-7-9;1-2-4-6-5-3-1/h2-7H,1,8H2;1-5H. The van der Waals surface area contributed by atoms with Crippen molar-refractivity contribution in [3.8, 4) is 5.75 Å². The number of pyridine rings is 1. The smallest absolute Gasteiger partial charge is 0.119 e. The van der Waals surface area contributed by atoms with Crippen LogP contribution in [0, 0.1) is 0 Å². The van der Waals surface area contributed by atoms with Crippen LogP contribution in [0.1, 0.15) is 0 Å². The lowest BCUT2D eigenvalue weighted by Crippen LogP contribution is -1.91. The third-order valence-corrected chi connectivity index (χ3v) is 1.68. The Labute approximate surface area is 96.2 Å². The molecule has 0 amide bonds. The van der Waals surface area contributed by atoms with Crippen molar-refractivity contribution in [1.82, 2.24) is 4.98 Å². The number of aromatic nitrogens is 1. The molecule has 16 heavy (non-hydrogen) atoms. The molecule has 1 aromatic carbocycles. The summed E-state index contributed by atoms with van der Waals surface area (Å²) in [6.45, 7) is 4.12. The van der Waals surface area contributed by atoms with Crippen molar-refractivity contribution in [2.24, 2.45) is 0 Å². The Balaban J connectivity index is 0.000000181. The SMILES string of the molecule is C=CCOc1ccccc1.c1ccncc1. The molecule has 0 spiro atoms. The van der Waals surface area contributed by atoms with Gasteiger partial charge in [-0.2, -0.15) is 0 Å². The fraction of sp³-hybridized carbons (Fsp3) is 0.0714. The number of nitrogens with zero attached hydrogens (tertiary/aromatic N) is 1. The quantitative estimate of drug-likeness (QED) is 0.729. The highest BCUT2D eigenvalue weighted by Crippen LogP contribution is 2.07. The number of para-hydroxylation sites is 1. The first kappa shape index (κ1) is 12.0. The van der Waals surface area contributed by atoms with Crippen LogP contribution >= 0.6 is 0 Å². The van der Waals surface area contributed by atoms with Gasteiger partial charge in [-0.3, -0.25) is 4.98 Å². The van der Waals surface area contributed by atoms with E-state index in [0.717, 1.165) is 5.75 Å². The van der Waals surface area contributed by atoms with E-state index < -0.39 is 0 Å². The molecule has 0 N–H and O–H groups in total. The molecule has 0 saturated heterocycles. The van der Waals surface area contributed by atoms with Gasteiger partial charge in [0.2, 0.25) is 0 Å². The second kappa shape index (κ2) is 8.24. The molecule has 0 aliphatic carbocycles. The van der Waals surface area contributed by atoms with Gasteiger partial charge in [-0.25, -0.2) is 0 Å². The second-order valence-corrected chi connectivity index (χ2v) is 2.94. The predicted octanol–water partition coefficient (Wildman–Crippen LogP) is 3.33. The summed E-state index contributed by atoms with van der Waals surface area (Å²) < 4.78 is 5.24. The first-order valence-corrected chi connectivity index (χ1v) is 5.07. The molecule has 82 valence electrons. The molecule has 2 nitrogen and oxygen atoms in total. The molecule has 0 saturated carbocycles. The first-order valence-electron chi connectivity index (χ1n) is 5.07. The van der Waals surface area contributed by atoms with Crippen molar-refractivity contribution in [3.05, 3.63) is 73.6 Å². The minimum absolute atomic E-state index is 0.573. The molecule has 0 radical (unpaired) electrons. The van der Waals surface area contributed by atoms with Gasteiger partial charge >= 0.3 is 0 Å². The Morgan fingerprint density at radius 2 is 1.62 bits per heavy atom. The van der Waals surface area contributed by atoms with Gasteiger partial charge in [0.05, 0.1) is 0 Å². The van der Waals surface area contributed by atoms with Crippen LogP contribution in [0.15, 0.2) is 73.6 Å². The van der Waals surface area contributed by atoms with Crippen LogP contribution in [0.3, 0.4) is 0 Å². The van der Waals surface area contributed by atoms with Gasteiger partial charge in [0.25, 0.3) is 0 Å². The molecule has 0 aliphatic heterocycles. The summed E-state index contributed by atoms with van der Waals surface area (Å²) in [6.07, 6.45) is 5.23. The van der Waals surface area contributed by atoms with Crippen LogP contribution in [-0.4, -0.2) is 11.6 Å². The van der Waals surface area contributed by atoms with Gasteiger partial charge in [0.1, 0.15) is 12.4 Å². The average Bonchev–Trinajstić information content (AvgIpc) is 2.40. The minimum Gasteiger partial charge on any atom is -0.490 e. The molecule has 0 fully saturated rings. The van der Waals surface area contributed by atoms with E-state index in [0.29, 0.717) is 6.61 Å². The van der Waals surface area contributed by atoms with E-state index in [2.05, 4.69) is 11.6 Å². The Bertz CT molecular complexity index is 346. The minimum atomic E-state index is 0.573. The third-order valence-electron chi connectivity index (χ3n) is 1.68. The van der Waals surface area contributed by atoms with Crippen molar-refractivity contribution in [2.45, 2.75) is 0 Å². The molecular weight excluding hydrogens is 198 g/mol. The second-order valence-electron chi connectivity index (χ2n) is 2.94. The van der Waals surface area contributed by atoms with Crippen LogP contribution in [0.5, 0.6) is 5.75 Å². The molecule has 2 aromatic rings. The maximum absolute atomic E-state index is 5.24. The Morgan fingerprint density at radius 1 is 1.00 bits per heavy atom. The van der Waals surface area contributed by atoms with Crippen LogP contribution in [0.4, 0.5) is 0 Å². The van der Waals surface area contributed by atoms with Crippen LogP contribution in [0.25, 0.3) is 0 Å². The van der Waals surface area contributed by atoms with E-state index in [4.69, 9.17) is 4.74 Å². The van der Waals surface area contributed by atoms with E-state index in [1.54, 1.807) is 18.5 Å². The highest BCUT2D eigenvalue weighted by Gasteiger charge is 1.84. The fourth-order valence-electron chi connectivity index (χ4n) is 0.984. The summed E-state index contributed by atoms with van der Waals surface area (Å²) in [6, 6.07) is 15.4. The lowest BCUT2D eigenvalue weighted by atomic mass is 10.3. The first-order chi connectivity index (χ1) is 7.93. The van der Waals surface area contributed by atoms with Crippen molar-refractivity contribution in [1.29, 1.82) is 0 Å². The zero-order valence-corrected chi connectivity index (χ0v) is 9.12. The Morgan fingerprint density at radius 3 is 2.06 bits per heavy atom. The van der Waals surface area contributed by atoms with Gasteiger partial charge in [0.15, 0.2) is 0 Å². The van der Waals surface area contributed by atoms with Gasteiger partial charge < -0.3 is 4.74 Å². The predicted molar refractivity (Wildman–Crippen MR) is 66.4 cm³/mol. The van der Waals surface area contributed by atoms with E-state index in [-0.39, 0.29) is 0 Å². The van der Waals surface area contributed by atoms with E-state index in [9.17, 15) is 0 Å². The topological polar surface area (TPSA) is 22.1 Å². The normalized spacial score (nSPS) is 8.50. The molecule has 0 unspecified atom stereocenters. The summed E-state index contributed by atoms with van der Waals surface area (Å²) in [5.74, 6) is 0.891. The number of hydrogen-bond acceptors (Lipinski definition) is 2. The van der Waals surface area contributed by atoms with Gasteiger partial charge in [-0.1, -0.05) is 36.9 Å². The molecule has 1 aromatic heterocycles. The molecule has 0 bridgehead atoms. The lowest BCUT2D eigenvalue weighted by molar-refractivity contribution is 0.363. The zero-order chi connectivity index (χ0) is 11.5. The van der Waals surface area contributed by atoms with E-state index in [1.165, 1.54) is 0 Å². The monoisotopic (exact) mass is 213 g/mol. The van der Waals surface area contributed by atoms with Gasteiger partial charge in [-0.05, 0) is 24.3 Å². The number of benzene rings is 1. The average molecular weight is 213 g/mol. The summed E-state index contributed by atoms with van der Waals surface area (Å²) >= 11 is 0. The molecular formula is C14H15NO. The van der Waals surface area contributed by atoms with Gasteiger partial charge in [0, 0.05) is 12.4 Å². The van der Waals surface area contributed by atoms with Crippen molar-refractivity contribution >= 4 is 0 Å². The van der Waals surface area contributed by atoms with E-state index >= 15 is 0 Å². The highest BCUT2D eigenvalue weighted by atomic mass is 16.5. The van der Waals surface area contributed by atoms with Crippen LogP contribution < -0.4 is 4.74 Å². The van der Waals surface area contributed by atoms with Crippen molar-refractivity contribution < 1.29 is 4.74 Å². The Hall–Kier alpha value is -2.09. The highest BCUT2D eigenvalue weighted by molar-refractivity contribution is 5.21. The number of rotatable bonds is 3. The van der Waals surface area contributed by atoms with Crippen molar-refractivity contribution in [2.75, 3.05) is 6.61 Å². The number of ether oxygens (including phenoxy) is 1. The summed E-state index contributed by atoms with van der Waals surface area (Å²) in [7, 11) is 0. The molecule has 0 atom stereocenters. The maximum atomic E-state index is 5.24. The fourth-order valence-corrected chi connectivity index (χ4v) is 0.984. The number of hydrogen-bond donors (Lipinski definition) is 0. The molecule has 2 rings (SSSR count). The third kappa shape index (κ3) is 5.60. The summed E-state index contributed by atoms with van der Waals surface area (Å²) in [4.78, 5) is 3.78. The van der Waals surface area contributed by atoms with Crippen molar-refractivity contribution in [3.63, 3.8) is 0 Å². The summed E-state index contributed by atoms with van der Waals surface area (Å²) in [5.41, 5.74) is 0. The zero-order valence-electron chi connectivity index (χ0n) is 9.12. The maximum Gasteiger partial charge on any atom is 0.119 e. The largest absolute Gasteiger partial charge is 0.490 e. The molecule has 1 heterocycles. The molecule has 0 aliphatic rings.